The zero-order valence-corrected chi connectivity index (χ0v) is 12.0. The van der Waals surface area contributed by atoms with Crippen molar-refractivity contribution < 1.29 is 0 Å². The van der Waals surface area contributed by atoms with Crippen LogP contribution in [0.25, 0.3) is 0 Å². The summed E-state index contributed by atoms with van der Waals surface area (Å²) in [6.07, 6.45) is 0.893. The molecule has 0 aliphatic rings. The summed E-state index contributed by atoms with van der Waals surface area (Å²) < 4.78 is 0. The van der Waals surface area contributed by atoms with Crippen molar-refractivity contribution in [2.24, 2.45) is 5.41 Å². The third kappa shape index (κ3) is 4.49. The largest absolute Gasteiger partial charge is 0.316 e. The second-order valence-corrected chi connectivity index (χ2v) is 6.73. The Morgan fingerprint density at radius 1 is 1.35 bits per heavy atom. The fourth-order valence-electron chi connectivity index (χ4n) is 1.61. The first kappa shape index (κ1) is 14.2. The predicted molar refractivity (Wildman–Crippen MR) is 74.2 cm³/mol. The lowest BCUT2D eigenvalue weighted by atomic mass is 9.89. The van der Waals surface area contributed by atoms with E-state index in [1.807, 2.05) is 13.8 Å². The van der Waals surface area contributed by atoms with E-state index in [4.69, 9.17) is 5.26 Å². The van der Waals surface area contributed by atoms with Crippen molar-refractivity contribution in [1.82, 2.24) is 5.32 Å². The number of rotatable bonds is 6. The summed E-state index contributed by atoms with van der Waals surface area (Å²) in [6.45, 7) is 10.3. The van der Waals surface area contributed by atoms with Gasteiger partial charge in [-0.15, -0.1) is 11.3 Å². The first-order valence-electron chi connectivity index (χ1n) is 6.03. The van der Waals surface area contributed by atoms with Gasteiger partial charge in [-0.05, 0) is 38.3 Å². The average molecular weight is 250 g/mol. The van der Waals surface area contributed by atoms with Gasteiger partial charge in [-0.2, -0.15) is 5.26 Å². The number of hydrogen-bond donors (Lipinski definition) is 1. The quantitative estimate of drug-likeness (QED) is 0.784. The maximum Gasteiger partial charge on any atom is 0.0684 e. The van der Waals surface area contributed by atoms with Crippen LogP contribution in [0.15, 0.2) is 17.5 Å². The Balaban J connectivity index is 2.35. The van der Waals surface area contributed by atoms with Crippen molar-refractivity contribution in [3.05, 3.63) is 22.4 Å². The fraction of sp³-hybridized carbons (Fsp3) is 0.643. The molecule has 1 heterocycles. The highest BCUT2D eigenvalue weighted by Gasteiger charge is 2.22. The second kappa shape index (κ2) is 5.66. The minimum Gasteiger partial charge on any atom is -0.316 e. The van der Waals surface area contributed by atoms with E-state index in [-0.39, 0.29) is 10.8 Å². The molecule has 94 valence electrons. The summed E-state index contributed by atoms with van der Waals surface area (Å²) in [4.78, 5) is 1.41. The summed E-state index contributed by atoms with van der Waals surface area (Å²) in [5, 5.41) is 14.5. The summed E-state index contributed by atoms with van der Waals surface area (Å²) >= 11 is 1.81. The molecule has 0 amide bonds. The van der Waals surface area contributed by atoms with Crippen molar-refractivity contribution in [1.29, 1.82) is 5.26 Å². The van der Waals surface area contributed by atoms with Gasteiger partial charge in [0.25, 0.3) is 0 Å². The number of hydrogen-bond acceptors (Lipinski definition) is 3. The molecule has 0 aromatic carbocycles. The maximum absolute atomic E-state index is 8.93. The molecule has 0 saturated heterocycles. The van der Waals surface area contributed by atoms with Gasteiger partial charge in [-0.3, -0.25) is 0 Å². The SMILES string of the molecule is CC(C)(C#N)CCNCC(C)(C)c1cccs1. The second-order valence-electron chi connectivity index (χ2n) is 5.78. The number of nitriles is 1. The average Bonchev–Trinajstić information content (AvgIpc) is 2.78. The topological polar surface area (TPSA) is 35.8 Å². The van der Waals surface area contributed by atoms with Crippen molar-refractivity contribution >= 4 is 11.3 Å². The summed E-state index contributed by atoms with van der Waals surface area (Å²) in [5.74, 6) is 0. The molecular formula is C14H22N2S. The number of nitrogens with one attached hydrogen (secondary N) is 1. The fourth-order valence-corrected chi connectivity index (χ4v) is 2.46. The Kier molecular flexibility index (Phi) is 4.73. The van der Waals surface area contributed by atoms with Gasteiger partial charge >= 0.3 is 0 Å². The molecule has 0 saturated carbocycles. The molecule has 0 bridgehead atoms. The zero-order chi connectivity index (χ0) is 12.9. The molecule has 1 aromatic heterocycles. The lowest BCUT2D eigenvalue weighted by Crippen LogP contribution is -2.34. The van der Waals surface area contributed by atoms with E-state index in [9.17, 15) is 0 Å². The Morgan fingerprint density at radius 2 is 2.06 bits per heavy atom. The molecule has 0 unspecified atom stereocenters. The van der Waals surface area contributed by atoms with E-state index in [1.165, 1.54) is 4.88 Å². The molecule has 1 aromatic rings. The lowest BCUT2D eigenvalue weighted by Gasteiger charge is -2.24. The maximum atomic E-state index is 8.93. The van der Waals surface area contributed by atoms with E-state index >= 15 is 0 Å². The molecule has 0 atom stereocenters. The Hall–Kier alpha value is -0.850. The third-order valence-corrected chi connectivity index (χ3v) is 4.22. The molecule has 3 heteroatoms. The van der Waals surface area contributed by atoms with Crippen molar-refractivity contribution in [3.8, 4) is 6.07 Å². The monoisotopic (exact) mass is 250 g/mol. The summed E-state index contributed by atoms with van der Waals surface area (Å²) in [6, 6.07) is 6.61. The van der Waals surface area contributed by atoms with Crippen LogP contribution in [0.4, 0.5) is 0 Å². The standard InChI is InChI=1S/C14H22N2S/c1-13(2,10-15)7-8-16-11-14(3,4)12-6-5-9-17-12/h5-6,9,16H,7-8,11H2,1-4H3. The molecule has 0 aliphatic heterocycles. The summed E-state index contributed by atoms with van der Waals surface area (Å²) in [5.41, 5.74) is -0.0506. The highest BCUT2D eigenvalue weighted by atomic mass is 32.1. The lowest BCUT2D eigenvalue weighted by molar-refractivity contribution is 0.406. The van der Waals surface area contributed by atoms with Gasteiger partial charge in [0.05, 0.1) is 11.5 Å². The van der Waals surface area contributed by atoms with Crippen molar-refractivity contribution in [2.75, 3.05) is 13.1 Å². The van der Waals surface area contributed by atoms with Crippen LogP contribution in [-0.4, -0.2) is 13.1 Å². The van der Waals surface area contributed by atoms with E-state index < -0.39 is 0 Å². The van der Waals surface area contributed by atoms with E-state index in [2.05, 4.69) is 42.7 Å². The van der Waals surface area contributed by atoms with E-state index in [0.717, 1.165) is 19.5 Å². The highest BCUT2D eigenvalue weighted by Crippen LogP contribution is 2.26. The molecule has 17 heavy (non-hydrogen) atoms. The van der Waals surface area contributed by atoms with E-state index in [0.29, 0.717) is 0 Å². The molecular weight excluding hydrogens is 228 g/mol. The van der Waals surface area contributed by atoms with Crippen LogP contribution in [-0.2, 0) is 5.41 Å². The van der Waals surface area contributed by atoms with Crippen molar-refractivity contribution in [3.63, 3.8) is 0 Å². The zero-order valence-electron chi connectivity index (χ0n) is 11.2. The van der Waals surface area contributed by atoms with Gasteiger partial charge in [0.2, 0.25) is 0 Å². The van der Waals surface area contributed by atoms with Crippen molar-refractivity contribution in [2.45, 2.75) is 39.5 Å². The van der Waals surface area contributed by atoms with Gasteiger partial charge in [0, 0.05) is 16.8 Å². The summed E-state index contributed by atoms with van der Waals surface area (Å²) in [7, 11) is 0. The van der Waals surface area contributed by atoms with Crippen LogP contribution in [0.2, 0.25) is 0 Å². The number of thiophene rings is 1. The van der Waals surface area contributed by atoms with Crippen LogP contribution in [0, 0.1) is 16.7 Å². The minimum atomic E-state index is -0.222. The van der Waals surface area contributed by atoms with Crippen LogP contribution in [0.5, 0.6) is 0 Å². The molecule has 0 fully saturated rings. The Morgan fingerprint density at radius 3 is 2.59 bits per heavy atom. The predicted octanol–water partition coefficient (Wildman–Crippen LogP) is 3.56. The van der Waals surface area contributed by atoms with Gasteiger partial charge in [0.15, 0.2) is 0 Å². The first-order chi connectivity index (χ1) is 7.87. The first-order valence-corrected chi connectivity index (χ1v) is 6.91. The third-order valence-electron chi connectivity index (χ3n) is 2.98. The minimum absolute atomic E-state index is 0.172. The Bertz CT molecular complexity index is 371. The molecule has 1 N–H and O–H groups in total. The van der Waals surface area contributed by atoms with Crippen LogP contribution in [0.3, 0.4) is 0 Å². The van der Waals surface area contributed by atoms with Crippen LogP contribution < -0.4 is 5.32 Å². The van der Waals surface area contributed by atoms with Gasteiger partial charge in [-0.25, -0.2) is 0 Å². The molecule has 0 aliphatic carbocycles. The van der Waals surface area contributed by atoms with Crippen LogP contribution >= 0.6 is 11.3 Å². The van der Waals surface area contributed by atoms with E-state index in [1.54, 1.807) is 11.3 Å². The number of nitrogens with zero attached hydrogens (tertiary/aromatic N) is 1. The normalized spacial score (nSPS) is 12.4. The Labute approximate surface area is 109 Å². The molecule has 2 nitrogen and oxygen atoms in total. The van der Waals surface area contributed by atoms with Gasteiger partial charge in [0.1, 0.15) is 0 Å². The van der Waals surface area contributed by atoms with Gasteiger partial charge in [-0.1, -0.05) is 19.9 Å². The van der Waals surface area contributed by atoms with Crippen LogP contribution in [0.1, 0.15) is 39.0 Å². The smallest absolute Gasteiger partial charge is 0.0684 e. The molecule has 0 radical (unpaired) electrons. The van der Waals surface area contributed by atoms with Gasteiger partial charge < -0.3 is 5.32 Å². The highest BCUT2D eigenvalue weighted by molar-refractivity contribution is 7.10. The molecule has 0 spiro atoms. The molecule has 1 rings (SSSR count).